The summed E-state index contributed by atoms with van der Waals surface area (Å²) in [6, 6.07) is 12.5. The molecule has 0 atom stereocenters. The predicted molar refractivity (Wildman–Crippen MR) is 121 cm³/mol. The van der Waals surface area contributed by atoms with Gasteiger partial charge in [0.2, 0.25) is 0 Å². The highest BCUT2D eigenvalue weighted by atomic mass is 19.1. The van der Waals surface area contributed by atoms with E-state index in [0.29, 0.717) is 31.7 Å². The van der Waals surface area contributed by atoms with E-state index in [2.05, 4.69) is 15.6 Å². The van der Waals surface area contributed by atoms with Crippen molar-refractivity contribution in [3.05, 3.63) is 70.5 Å². The second-order valence-corrected chi connectivity index (χ2v) is 7.12. The zero-order valence-corrected chi connectivity index (χ0v) is 18.5. The van der Waals surface area contributed by atoms with Gasteiger partial charge in [-0.25, -0.2) is 9.38 Å². The summed E-state index contributed by atoms with van der Waals surface area (Å²) in [5.41, 5.74) is 3.81. The van der Waals surface area contributed by atoms with Gasteiger partial charge in [0.05, 0.1) is 6.54 Å². The Balaban J connectivity index is 1.94. The van der Waals surface area contributed by atoms with Crippen molar-refractivity contribution >= 4 is 11.9 Å². The molecule has 2 N–H and O–H groups in total. The Labute approximate surface area is 179 Å². The van der Waals surface area contributed by atoms with Crippen LogP contribution in [0.15, 0.2) is 47.5 Å². The minimum Gasteiger partial charge on any atom is -0.357 e. The fourth-order valence-corrected chi connectivity index (χ4v) is 3.21. The maximum absolute atomic E-state index is 13.2. The van der Waals surface area contributed by atoms with Crippen molar-refractivity contribution in [2.75, 3.05) is 26.2 Å². The van der Waals surface area contributed by atoms with E-state index < -0.39 is 0 Å². The molecule has 5 nitrogen and oxygen atoms in total. The summed E-state index contributed by atoms with van der Waals surface area (Å²) in [7, 11) is 0. The van der Waals surface area contributed by atoms with Crippen LogP contribution in [-0.2, 0) is 13.0 Å². The van der Waals surface area contributed by atoms with Crippen molar-refractivity contribution in [2.24, 2.45) is 4.99 Å². The molecule has 0 aliphatic carbocycles. The number of guanidine groups is 1. The summed E-state index contributed by atoms with van der Waals surface area (Å²) in [4.78, 5) is 18.8. The van der Waals surface area contributed by atoms with Crippen LogP contribution in [0.25, 0.3) is 0 Å². The monoisotopic (exact) mass is 412 g/mol. The highest BCUT2D eigenvalue weighted by Crippen LogP contribution is 2.11. The first-order valence-electron chi connectivity index (χ1n) is 10.6. The number of benzene rings is 2. The average molecular weight is 413 g/mol. The van der Waals surface area contributed by atoms with Gasteiger partial charge in [-0.3, -0.25) is 4.79 Å². The first-order chi connectivity index (χ1) is 14.5. The van der Waals surface area contributed by atoms with Crippen LogP contribution in [0.4, 0.5) is 4.39 Å². The highest BCUT2D eigenvalue weighted by Gasteiger charge is 2.11. The molecule has 0 unspecified atom stereocenters. The van der Waals surface area contributed by atoms with Crippen molar-refractivity contribution < 1.29 is 9.18 Å². The van der Waals surface area contributed by atoms with E-state index in [4.69, 9.17) is 0 Å². The summed E-state index contributed by atoms with van der Waals surface area (Å²) in [6.45, 7) is 11.3. The van der Waals surface area contributed by atoms with Crippen LogP contribution in [0, 0.1) is 12.7 Å². The molecule has 0 bridgehead atoms. The van der Waals surface area contributed by atoms with Crippen molar-refractivity contribution in [2.45, 2.75) is 40.7 Å². The number of aliphatic imine (C=N–C) groups is 1. The first kappa shape index (κ1) is 23.4. The molecule has 0 aliphatic rings. The summed E-state index contributed by atoms with van der Waals surface area (Å²) in [6.07, 6.45) is 0.790. The minimum atomic E-state index is -0.205. The van der Waals surface area contributed by atoms with Gasteiger partial charge in [-0.15, -0.1) is 0 Å². The maximum Gasteiger partial charge on any atom is 0.253 e. The Morgan fingerprint density at radius 1 is 1.03 bits per heavy atom. The van der Waals surface area contributed by atoms with E-state index in [1.807, 2.05) is 62.9 Å². The van der Waals surface area contributed by atoms with Gasteiger partial charge in [0, 0.05) is 31.7 Å². The molecule has 0 fully saturated rings. The number of hydrogen-bond acceptors (Lipinski definition) is 2. The molecule has 6 heteroatoms. The zero-order valence-electron chi connectivity index (χ0n) is 18.5. The minimum absolute atomic E-state index is 0.0566. The lowest BCUT2D eigenvalue weighted by Gasteiger charge is -2.18. The third-order valence-corrected chi connectivity index (χ3v) is 5.01. The summed E-state index contributed by atoms with van der Waals surface area (Å²) in [5, 5.41) is 6.57. The maximum atomic E-state index is 13.2. The smallest absolute Gasteiger partial charge is 0.253 e. The van der Waals surface area contributed by atoms with Gasteiger partial charge in [0.25, 0.3) is 5.91 Å². The molecular formula is C24H33FN4O. The van der Waals surface area contributed by atoms with Gasteiger partial charge in [-0.1, -0.05) is 18.2 Å². The first-order valence-corrected chi connectivity index (χ1v) is 10.6. The quantitative estimate of drug-likeness (QED) is 0.485. The van der Waals surface area contributed by atoms with Gasteiger partial charge in [-0.2, -0.15) is 0 Å². The second kappa shape index (κ2) is 12.0. The second-order valence-electron chi connectivity index (χ2n) is 7.12. The standard InChI is InChI=1S/C24H33FN4O/c1-5-26-24(27-15-14-20-12-13-22(25)16-18(20)4)28-17-19-8-10-21(11-9-19)23(30)29(6-2)7-3/h8-13,16H,5-7,14-15,17H2,1-4H3,(H2,26,27,28). The zero-order chi connectivity index (χ0) is 21.9. The normalized spacial score (nSPS) is 11.3. The topological polar surface area (TPSA) is 56.7 Å². The number of amides is 1. The number of halogens is 1. The molecule has 2 rings (SSSR count). The number of aryl methyl sites for hydroxylation is 1. The van der Waals surface area contributed by atoms with E-state index in [-0.39, 0.29) is 11.7 Å². The number of nitrogens with zero attached hydrogens (tertiary/aromatic N) is 2. The summed E-state index contributed by atoms with van der Waals surface area (Å²) in [5.74, 6) is 0.589. The van der Waals surface area contributed by atoms with Gasteiger partial charge in [0.1, 0.15) is 5.82 Å². The van der Waals surface area contributed by atoms with E-state index in [1.165, 1.54) is 6.07 Å². The lowest BCUT2D eigenvalue weighted by Crippen LogP contribution is -2.38. The van der Waals surface area contributed by atoms with Crippen LogP contribution in [0.1, 0.15) is 47.8 Å². The van der Waals surface area contributed by atoms with Crippen LogP contribution in [0.5, 0.6) is 0 Å². The molecule has 2 aromatic rings. The molecule has 0 heterocycles. The van der Waals surface area contributed by atoms with Crippen molar-refractivity contribution in [3.8, 4) is 0 Å². The molecular weight excluding hydrogens is 379 g/mol. The van der Waals surface area contributed by atoms with Crippen LogP contribution >= 0.6 is 0 Å². The lowest BCUT2D eigenvalue weighted by atomic mass is 10.1. The number of carbonyl (C=O) groups excluding carboxylic acids is 1. The van der Waals surface area contributed by atoms with Crippen molar-refractivity contribution in [3.63, 3.8) is 0 Å². The number of carbonyl (C=O) groups is 1. The third-order valence-electron chi connectivity index (χ3n) is 5.01. The molecule has 30 heavy (non-hydrogen) atoms. The molecule has 1 amide bonds. The molecule has 0 radical (unpaired) electrons. The van der Waals surface area contributed by atoms with Crippen molar-refractivity contribution in [1.29, 1.82) is 0 Å². The molecule has 0 aliphatic heterocycles. The van der Waals surface area contributed by atoms with Crippen LogP contribution < -0.4 is 10.6 Å². The van der Waals surface area contributed by atoms with Gasteiger partial charge in [-0.05, 0) is 75.1 Å². The largest absolute Gasteiger partial charge is 0.357 e. The highest BCUT2D eigenvalue weighted by molar-refractivity contribution is 5.94. The summed E-state index contributed by atoms with van der Waals surface area (Å²) >= 11 is 0. The SMILES string of the molecule is CCNC(=NCc1ccc(C(=O)N(CC)CC)cc1)NCCc1ccc(F)cc1C. The Kier molecular flexibility index (Phi) is 9.32. The Hall–Kier alpha value is -2.89. The Morgan fingerprint density at radius 3 is 2.33 bits per heavy atom. The number of nitrogens with one attached hydrogen (secondary N) is 2. The van der Waals surface area contributed by atoms with Crippen LogP contribution in [0.2, 0.25) is 0 Å². The lowest BCUT2D eigenvalue weighted by molar-refractivity contribution is 0.0773. The summed E-state index contributed by atoms with van der Waals surface area (Å²) < 4.78 is 13.2. The predicted octanol–water partition coefficient (Wildman–Crippen LogP) is 3.91. The fourth-order valence-electron chi connectivity index (χ4n) is 3.21. The van der Waals surface area contributed by atoms with E-state index in [0.717, 1.165) is 35.6 Å². The molecule has 0 saturated carbocycles. The van der Waals surface area contributed by atoms with E-state index in [1.54, 1.807) is 6.07 Å². The Bertz CT molecular complexity index is 845. The molecule has 0 spiro atoms. The molecule has 0 aromatic heterocycles. The van der Waals surface area contributed by atoms with Gasteiger partial charge < -0.3 is 15.5 Å². The van der Waals surface area contributed by atoms with Crippen LogP contribution in [-0.4, -0.2) is 42.9 Å². The molecule has 162 valence electrons. The van der Waals surface area contributed by atoms with Crippen molar-refractivity contribution in [1.82, 2.24) is 15.5 Å². The third kappa shape index (κ3) is 6.87. The van der Waals surface area contributed by atoms with Crippen LogP contribution in [0.3, 0.4) is 0 Å². The number of rotatable bonds is 9. The van der Waals surface area contributed by atoms with E-state index in [9.17, 15) is 9.18 Å². The van der Waals surface area contributed by atoms with Gasteiger partial charge in [0.15, 0.2) is 5.96 Å². The average Bonchev–Trinajstić information content (AvgIpc) is 2.74. The Morgan fingerprint density at radius 2 is 1.73 bits per heavy atom. The van der Waals surface area contributed by atoms with Gasteiger partial charge >= 0.3 is 0 Å². The molecule has 0 saturated heterocycles. The molecule has 2 aromatic carbocycles. The number of hydrogen-bond donors (Lipinski definition) is 2. The fraction of sp³-hybridized carbons (Fsp3) is 0.417. The van der Waals surface area contributed by atoms with E-state index >= 15 is 0 Å².